The van der Waals surface area contributed by atoms with Crippen LogP contribution in [0.2, 0.25) is 0 Å². The molecule has 1 aromatic rings. The quantitative estimate of drug-likeness (QED) is 0.578. The molecule has 0 bridgehead atoms. The van der Waals surface area contributed by atoms with Gasteiger partial charge in [-0.2, -0.15) is 0 Å². The first-order valence-electron chi connectivity index (χ1n) is 2.64. The maximum atomic E-state index is 12.0. The summed E-state index contributed by atoms with van der Waals surface area (Å²) in [5.74, 6) is 0. The summed E-state index contributed by atoms with van der Waals surface area (Å²) in [5.41, 5.74) is 0. The van der Waals surface area contributed by atoms with Crippen LogP contribution in [-0.4, -0.2) is 17.2 Å². The van der Waals surface area contributed by atoms with Crippen molar-refractivity contribution in [3.8, 4) is 0 Å². The average Bonchev–Trinajstić information content (AvgIpc) is 1.90. The fourth-order valence-electron chi connectivity index (χ4n) is 0.599. The van der Waals surface area contributed by atoms with Crippen molar-refractivity contribution in [1.29, 1.82) is 0 Å². The van der Waals surface area contributed by atoms with Crippen molar-refractivity contribution in [3.63, 3.8) is 0 Å². The van der Waals surface area contributed by atoms with Gasteiger partial charge in [0.15, 0.2) is 0 Å². The molecule has 0 nitrogen and oxygen atoms in total. The van der Waals surface area contributed by atoms with Crippen LogP contribution in [0.5, 0.6) is 0 Å². The predicted molar refractivity (Wildman–Crippen MR) is 34.0 cm³/mol. The molecule has 0 heterocycles. The van der Waals surface area contributed by atoms with Crippen molar-refractivity contribution in [2.75, 3.05) is 0 Å². The van der Waals surface area contributed by atoms with Gasteiger partial charge < -0.3 is 0 Å². The van der Waals surface area contributed by atoms with Crippen molar-refractivity contribution in [3.05, 3.63) is 30.3 Å². The Morgan fingerprint density at radius 1 is 1.00 bits per heavy atom. The van der Waals surface area contributed by atoms with Gasteiger partial charge in [-0.15, -0.1) is 0 Å². The average molecular weight is 185 g/mol. The van der Waals surface area contributed by atoms with Gasteiger partial charge in [0.25, 0.3) is 0 Å². The van der Waals surface area contributed by atoms with Gasteiger partial charge in [-0.3, -0.25) is 0 Å². The van der Waals surface area contributed by atoms with Crippen LogP contribution in [0, 0.1) is 0 Å². The van der Waals surface area contributed by atoms with Crippen LogP contribution in [0.3, 0.4) is 0 Å². The van der Waals surface area contributed by atoms with Crippen molar-refractivity contribution < 1.29 is 6.57 Å². The molecule has 0 aliphatic rings. The first kappa shape index (κ1) is 6.83. The molecule has 0 aromatic heterocycles. The second kappa shape index (κ2) is 3.03. The Hall–Kier alpha value is -0.284. The van der Waals surface area contributed by atoms with E-state index in [0.717, 1.165) is 0 Å². The van der Waals surface area contributed by atoms with E-state index in [1.807, 2.05) is 0 Å². The Labute approximate surface area is 58.7 Å². The summed E-state index contributed by atoms with van der Waals surface area (Å²) >= 11 is -3.94. The van der Waals surface area contributed by atoms with E-state index in [9.17, 15) is 6.57 Å². The van der Waals surface area contributed by atoms with Gasteiger partial charge in [0.2, 0.25) is 0 Å². The third-order valence-electron chi connectivity index (χ3n) is 1.05. The molecule has 0 saturated carbocycles. The molecule has 1 rings (SSSR count). The zero-order chi connectivity index (χ0) is 6.69. The Bertz CT molecular complexity index is 174. The molecule has 0 fully saturated rings. The van der Waals surface area contributed by atoms with Gasteiger partial charge in [0.1, 0.15) is 0 Å². The first-order valence-corrected chi connectivity index (χ1v) is 5.68. The van der Waals surface area contributed by atoms with Gasteiger partial charge >= 0.3 is 58.2 Å². The zero-order valence-electron chi connectivity index (χ0n) is 4.72. The van der Waals surface area contributed by atoms with E-state index in [0.29, 0.717) is 0 Å². The van der Waals surface area contributed by atoms with Crippen LogP contribution in [0.1, 0.15) is 0 Å². The Balaban J connectivity index is 2.85. The van der Waals surface area contributed by atoms with E-state index in [1.165, 1.54) is 12.1 Å². The molecule has 0 N–H and O–H groups in total. The molecule has 1 aromatic carbocycles. The first-order chi connectivity index (χ1) is 4.30. The second-order valence-electron chi connectivity index (χ2n) is 1.71. The SMILES string of the molecule is [F][Ga]([F])[c]1ccccc1. The van der Waals surface area contributed by atoms with Crippen LogP contribution >= 0.6 is 0 Å². The normalized spacial score (nSPS) is 9.11. The molecule has 0 saturated heterocycles. The number of rotatable bonds is 1. The minimum atomic E-state index is -3.94. The van der Waals surface area contributed by atoms with Crippen molar-refractivity contribution in [2.45, 2.75) is 0 Å². The van der Waals surface area contributed by atoms with Crippen LogP contribution in [0.15, 0.2) is 30.3 Å². The van der Waals surface area contributed by atoms with E-state index in [4.69, 9.17) is 0 Å². The van der Waals surface area contributed by atoms with Crippen LogP contribution in [0.25, 0.3) is 0 Å². The molecule has 0 aliphatic heterocycles. The van der Waals surface area contributed by atoms with Crippen molar-refractivity contribution in [2.24, 2.45) is 0 Å². The van der Waals surface area contributed by atoms with E-state index >= 15 is 0 Å². The fourth-order valence-corrected chi connectivity index (χ4v) is 1.68. The van der Waals surface area contributed by atoms with Gasteiger partial charge in [0.05, 0.1) is 0 Å². The number of hydrogen-bond acceptors (Lipinski definition) is 0. The van der Waals surface area contributed by atoms with Gasteiger partial charge in [-0.25, -0.2) is 0 Å². The summed E-state index contributed by atoms with van der Waals surface area (Å²) in [5, 5.41) is 0. The summed E-state index contributed by atoms with van der Waals surface area (Å²) < 4.78 is 24.2. The van der Waals surface area contributed by atoms with Gasteiger partial charge in [0, 0.05) is 0 Å². The zero-order valence-corrected chi connectivity index (χ0v) is 7.14. The van der Waals surface area contributed by atoms with Gasteiger partial charge in [-0.1, -0.05) is 0 Å². The maximum absolute atomic E-state index is 12.0. The van der Waals surface area contributed by atoms with Crippen molar-refractivity contribution >= 4 is 21.3 Å². The van der Waals surface area contributed by atoms with Crippen LogP contribution in [0.4, 0.5) is 6.57 Å². The number of benzene rings is 1. The number of halogens is 2. The molecule has 0 radical (unpaired) electrons. The Kier molecular flexibility index (Phi) is 2.30. The summed E-state index contributed by atoms with van der Waals surface area (Å²) in [6.07, 6.45) is 0. The summed E-state index contributed by atoms with van der Waals surface area (Å²) in [7, 11) is 0. The second-order valence-corrected chi connectivity index (χ2v) is 4.37. The monoisotopic (exact) mass is 184 g/mol. The molecule has 0 unspecified atom stereocenters. The van der Waals surface area contributed by atoms with E-state index in [1.54, 1.807) is 18.2 Å². The van der Waals surface area contributed by atoms with Gasteiger partial charge in [-0.05, 0) is 0 Å². The molecule has 0 spiro atoms. The molecule has 0 amide bonds. The molecule has 46 valence electrons. The summed E-state index contributed by atoms with van der Waals surface area (Å²) in [6.45, 7) is 0. The Morgan fingerprint density at radius 3 is 1.89 bits per heavy atom. The molecular formula is C6H5F2Ga. The van der Waals surface area contributed by atoms with Crippen LogP contribution < -0.4 is 4.12 Å². The van der Waals surface area contributed by atoms with Crippen LogP contribution in [-0.2, 0) is 0 Å². The van der Waals surface area contributed by atoms with Crippen molar-refractivity contribution in [1.82, 2.24) is 0 Å². The van der Waals surface area contributed by atoms with E-state index in [-0.39, 0.29) is 4.12 Å². The fraction of sp³-hybridized carbons (Fsp3) is 0. The third kappa shape index (κ3) is 1.84. The molecular weight excluding hydrogens is 180 g/mol. The van der Waals surface area contributed by atoms with E-state index < -0.39 is 17.2 Å². The van der Waals surface area contributed by atoms with E-state index in [2.05, 4.69) is 0 Å². The topological polar surface area (TPSA) is 0 Å². The molecule has 3 heteroatoms. The summed E-state index contributed by atoms with van der Waals surface area (Å²) in [6, 6.07) is 8.02. The molecule has 0 atom stereocenters. The summed E-state index contributed by atoms with van der Waals surface area (Å²) in [4.78, 5) is 0. The third-order valence-corrected chi connectivity index (χ3v) is 2.92. The standard InChI is InChI=1S/C6H5.2FH.Ga/c1-2-4-6-5-3-1;;;/h1-5H;2*1H;/q;;;+2/p-2. The molecule has 0 aliphatic carbocycles. The number of hydrogen-bond donors (Lipinski definition) is 0. The Morgan fingerprint density at radius 2 is 1.56 bits per heavy atom. The minimum absolute atomic E-state index is 0.269. The molecule has 9 heavy (non-hydrogen) atoms. The predicted octanol–water partition coefficient (Wildman–Crippen LogP) is 1.32.